The van der Waals surface area contributed by atoms with Crippen LogP contribution in [-0.2, 0) is 10.0 Å². The molecular formula is C20H28N4O3S4. The van der Waals surface area contributed by atoms with Crippen LogP contribution in [0.1, 0.15) is 49.9 Å². The molecular weight excluding hydrogens is 473 g/mol. The van der Waals surface area contributed by atoms with Gasteiger partial charge in [0.2, 0.25) is 5.13 Å². The third kappa shape index (κ3) is 6.59. The molecule has 0 bridgehead atoms. The van der Waals surface area contributed by atoms with Crippen LogP contribution in [0, 0.1) is 5.92 Å². The molecule has 31 heavy (non-hydrogen) atoms. The number of sulfonamides is 1. The highest BCUT2D eigenvalue weighted by atomic mass is 32.2. The minimum Gasteiger partial charge on any atom is -0.339 e. The van der Waals surface area contributed by atoms with E-state index in [1.54, 1.807) is 17.8 Å². The molecule has 0 spiro atoms. The number of hydrogen-bond acceptors (Lipinski definition) is 8. The normalized spacial score (nSPS) is 15.2. The summed E-state index contributed by atoms with van der Waals surface area (Å²) in [5.74, 6) is 1.29. The van der Waals surface area contributed by atoms with Crippen molar-refractivity contribution in [1.82, 2.24) is 15.1 Å². The largest absolute Gasteiger partial charge is 0.339 e. The van der Waals surface area contributed by atoms with Crippen molar-refractivity contribution in [2.45, 2.75) is 53.7 Å². The SMILES string of the molecule is CSc1ccc(S(=O)(=O)Nc2nnc(SCC(C)C)s2)cc1C(=O)N1CCCCCC1. The summed E-state index contributed by atoms with van der Waals surface area (Å²) in [6, 6.07) is 4.72. The van der Waals surface area contributed by atoms with E-state index in [2.05, 4.69) is 28.8 Å². The average molecular weight is 501 g/mol. The summed E-state index contributed by atoms with van der Waals surface area (Å²) in [5, 5.41) is 8.23. The van der Waals surface area contributed by atoms with Crippen molar-refractivity contribution in [2.24, 2.45) is 5.92 Å². The van der Waals surface area contributed by atoms with Gasteiger partial charge in [-0.2, -0.15) is 0 Å². The van der Waals surface area contributed by atoms with E-state index in [-0.39, 0.29) is 15.9 Å². The quantitative estimate of drug-likeness (QED) is 0.519. The van der Waals surface area contributed by atoms with Crippen molar-refractivity contribution in [3.8, 4) is 0 Å². The molecule has 11 heteroatoms. The number of anilines is 1. The molecule has 2 heterocycles. The monoisotopic (exact) mass is 500 g/mol. The van der Waals surface area contributed by atoms with Crippen LogP contribution in [0.3, 0.4) is 0 Å². The second kappa shape index (κ2) is 11.0. The van der Waals surface area contributed by atoms with E-state index in [1.165, 1.54) is 35.2 Å². The molecule has 1 aromatic carbocycles. The van der Waals surface area contributed by atoms with Crippen molar-refractivity contribution < 1.29 is 13.2 Å². The molecule has 1 amide bonds. The molecule has 1 aromatic heterocycles. The van der Waals surface area contributed by atoms with Gasteiger partial charge < -0.3 is 4.90 Å². The van der Waals surface area contributed by atoms with Gasteiger partial charge in [-0.3, -0.25) is 9.52 Å². The van der Waals surface area contributed by atoms with E-state index >= 15 is 0 Å². The minimum atomic E-state index is -3.88. The molecule has 0 atom stereocenters. The molecule has 7 nitrogen and oxygen atoms in total. The number of hydrogen-bond donors (Lipinski definition) is 1. The first-order valence-corrected chi connectivity index (χ1v) is 14.8. The molecule has 1 saturated heterocycles. The van der Waals surface area contributed by atoms with E-state index < -0.39 is 10.0 Å². The zero-order chi connectivity index (χ0) is 22.4. The standard InChI is InChI=1S/C20H28N4O3S4/c1-14(2)13-29-20-22-21-19(30-20)23-31(26,27)15-8-9-17(28-3)16(12-15)18(25)24-10-6-4-5-7-11-24/h8-9,12,14H,4-7,10-11,13H2,1-3H3,(H,21,23). The number of rotatable bonds is 8. The summed E-state index contributed by atoms with van der Waals surface area (Å²) < 4.78 is 29.2. The molecule has 0 saturated carbocycles. The van der Waals surface area contributed by atoms with Gasteiger partial charge in [-0.15, -0.1) is 22.0 Å². The number of likely N-dealkylation sites (tertiary alicyclic amines) is 1. The average Bonchev–Trinajstić information content (AvgIpc) is 3.00. The van der Waals surface area contributed by atoms with E-state index in [1.807, 2.05) is 11.2 Å². The Morgan fingerprint density at radius 2 is 1.90 bits per heavy atom. The van der Waals surface area contributed by atoms with Gasteiger partial charge in [-0.25, -0.2) is 8.42 Å². The number of amides is 1. The van der Waals surface area contributed by atoms with Gasteiger partial charge in [0, 0.05) is 23.7 Å². The molecule has 2 aromatic rings. The van der Waals surface area contributed by atoms with Gasteiger partial charge in [0.25, 0.3) is 15.9 Å². The number of thioether (sulfide) groups is 2. The topological polar surface area (TPSA) is 92.3 Å². The fraction of sp³-hybridized carbons (Fsp3) is 0.550. The van der Waals surface area contributed by atoms with E-state index in [0.29, 0.717) is 24.6 Å². The third-order valence-corrected chi connectivity index (χ3v) is 9.43. The van der Waals surface area contributed by atoms with Gasteiger partial charge in [-0.05, 0) is 43.2 Å². The molecule has 1 aliphatic heterocycles. The van der Waals surface area contributed by atoms with Gasteiger partial charge in [0.05, 0.1) is 10.5 Å². The second-order valence-electron chi connectivity index (χ2n) is 7.75. The number of nitrogens with one attached hydrogen (secondary N) is 1. The van der Waals surface area contributed by atoms with Crippen LogP contribution in [-0.4, -0.2) is 54.5 Å². The zero-order valence-electron chi connectivity index (χ0n) is 18.0. The van der Waals surface area contributed by atoms with Crippen LogP contribution in [0.25, 0.3) is 0 Å². The van der Waals surface area contributed by atoms with Crippen molar-refractivity contribution in [3.63, 3.8) is 0 Å². The molecule has 170 valence electrons. The molecule has 3 rings (SSSR count). The highest BCUT2D eigenvalue weighted by molar-refractivity contribution is 8.01. The Labute approximate surface area is 196 Å². The lowest BCUT2D eigenvalue weighted by Crippen LogP contribution is -2.32. The minimum absolute atomic E-state index is 0.0510. The fourth-order valence-corrected chi connectivity index (χ4v) is 6.74. The molecule has 0 radical (unpaired) electrons. The van der Waals surface area contributed by atoms with Crippen LogP contribution in [0.4, 0.5) is 5.13 Å². The highest BCUT2D eigenvalue weighted by Crippen LogP contribution is 2.30. The van der Waals surface area contributed by atoms with Crippen molar-refractivity contribution in [3.05, 3.63) is 23.8 Å². The molecule has 1 aliphatic rings. The number of carbonyl (C=O) groups is 1. The van der Waals surface area contributed by atoms with Gasteiger partial charge >= 0.3 is 0 Å². The number of aromatic nitrogens is 2. The molecule has 0 aliphatic carbocycles. The summed E-state index contributed by atoms with van der Waals surface area (Å²) in [6.45, 7) is 5.65. The van der Waals surface area contributed by atoms with E-state index in [4.69, 9.17) is 0 Å². The van der Waals surface area contributed by atoms with Gasteiger partial charge in [-0.1, -0.05) is 49.8 Å². The zero-order valence-corrected chi connectivity index (χ0v) is 21.2. The van der Waals surface area contributed by atoms with Crippen LogP contribution in [0.5, 0.6) is 0 Å². The predicted molar refractivity (Wildman–Crippen MR) is 129 cm³/mol. The van der Waals surface area contributed by atoms with Crippen LogP contribution in [0.2, 0.25) is 0 Å². The Balaban J connectivity index is 1.81. The summed E-state index contributed by atoms with van der Waals surface area (Å²) >= 11 is 4.21. The van der Waals surface area contributed by atoms with Crippen LogP contribution < -0.4 is 4.72 Å². The third-order valence-electron chi connectivity index (χ3n) is 4.77. The van der Waals surface area contributed by atoms with Crippen molar-refractivity contribution in [2.75, 3.05) is 29.8 Å². The Morgan fingerprint density at radius 3 is 2.55 bits per heavy atom. The summed E-state index contributed by atoms with van der Waals surface area (Å²) in [5.41, 5.74) is 0.433. The summed E-state index contributed by atoms with van der Waals surface area (Å²) in [6.07, 6.45) is 6.09. The Bertz CT molecular complexity index is 1000. The molecule has 1 N–H and O–H groups in total. The summed E-state index contributed by atoms with van der Waals surface area (Å²) in [4.78, 5) is 15.8. The maximum Gasteiger partial charge on any atom is 0.263 e. The smallest absolute Gasteiger partial charge is 0.263 e. The first-order valence-electron chi connectivity index (χ1n) is 10.3. The van der Waals surface area contributed by atoms with Gasteiger partial charge in [0.1, 0.15) is 0 Å². The first kappa shape index (κ1) is 24.3. The summed E-state index contributed by atoms with van der Waals surface area (Å²) in [7, 11) is -3.88. The van der Waals surface area contributed by atoms with Gasteiger partial charge in [0.15, 0.2) is 4.34 Å². The maximum absolute atomic E-state index is 13.2. The van der Waals surface area contributed by atoms with E-state index in [9.17, 15) is 13.2 Å². The van der Waals surface area contributed by atoms with E-state index in [0.717, 1.165) is 40.7 Å². The number of nitrogens with zero attached hydrogens (tertiary/aromatic N) is 3. The fourth-order valence-electron chi connectivity index (χ4n) is 3.19. The van der Waals surface area contributed by atoms with Crippen molar-refractivity contribution in [1.29, 1.82) is 0 Å². The Hall–Kier alpha value is -1.30. The lowest BCUT2D eigenvalue weighted by molar-refractivity contribution is 0.0758. The van der Waals surface area contributed by atoms with Crippen molar-refractivity contribution >= 4 is 55.9 Å². The van der Waals surface area contributed by atoms with Crippen LogP contribution in [0.15, 0.2) is 32.3 Å². The number of carbonyl (C=O) groups excluding carboxylic acids is 1. The predicted octanol–water partition coefficient (Wildman–Crippen LogP) is 4.83. The molecule has 0 unspecified atom stereocenters. The van der Waals surface area contributed by atoms with Crippen LogP contribution >= 0.6 is 34.9 Å². The molecule has 1 fully saturated rings. The number of benzene rings is 1. The Morgan fingerprint density at radius 1 is 1.19 bits per heavy atom. The lowest BCUT2D eigenvalue weighted by atomic mass is 10.2. The second-order valence-corrected chi connectivity index (χ2v) is 12.5. The Kier molecular flexibility index (Phi) is 8.65. The maximum atomic E-state index is 13.2. The lowest BCUT2D eigenvalue weighted by Gasteiger charge is -2.22. The highest BCUT2D eigenvalue weighted by Gasteiger charge is 2.24. The first-order chi connectivity index (χ1) is 14.8.